The van der Waals surface area contributed by atoms with E-state index in [4.69, 9.17) is 14.2 Å². The Hall–Kier alpha value is -3.16. The summed E-state index contributed by atoms with van der Waals surface area (Å²) in [4.78, 5) is 0. The Morgan fingerprint density at radius 3 is 1.84 bits per heavy atom. The second kappa shape index (κ2) is 9.14. The first kappa shape index (κ1) is 22.0. The zero-order chi connectivity index (χ0) is 22.8. The van der Waals surface area contributed by atoms with E-state index in [1.807, 2.05) is 0 Å². The van der Waals surface area contributed by atoms with E-state index in [0.29, 0.717) is 11.1 Å². The predicted octanol–water partition coefficient (Wildman–Crippen LogP) is 6.23. The molecule has 0 radical (unpaired) electrons. The normalized spacial score (nSPS) is 18.4. The largest absolute Gasteiger partial charge is 0.494 e. The second-order valence-corrected chi connectivity index (χ2v) is 7.32. The molecule has 1 aliphatic rings. The van der Waals surface area contributed by atoms with Crippen LogP contribution in [-0.2, 0) is 9.47 Å². The summed E-state index contributed by atoms with van der Waals surface area (Å²) in [7, 11) is 1.25. The van der Waals surface area contributed by atoms with E-state index in [-0.39, 0.29) is 35.7 Å². The van der Waals surface area contributed by atoms with Crippen molar-refractivity contribution in [2.45, 2.75) is 12.2 Å². The molecule has 0 unspecified atom stereocenters. The number of methoxy groups -OCH3 is 1. The van der Waals surface area contributed by atoms with Crippen LogP contribution in [0.4, 0.5) is 17.6 Å². The monoisotopic (exact) mass is 444 g/mol. The van der Waals surface area contributed by atoms with Gasteiger partial charge in [0.25, 0.3) is 0 Å². The summed E-state index contributed by atoms with van der Waals surface area (Å²) < 4.78 is 73.6. The van der Waals surface area contributed by atoms with Crippen LogP contribution in [0.25, 0.3) is 22.3 Å². The van der Waals surface area contributed by atoms with Gasteiger partial charge in [0.15, 0.2) is 29.5 Å². The molecule has 0 bridgehead atoms. The lowest BCUT2D eigenvalue weighted by molar-refractivity contribution is -0.159. The minimum absolute atomic E-state index is 0.0342. The highest BCUT2D eigenvalue weighted by Gasteiger charge is 2.26. The Kier molecular flexibility index (Phi) is 6.30. The van der Waals surface area contributed by atoms with Crippen molar-refractivity contribution in [1.82, 2.24) is 0 Å². The first-order chi connectivity index (χ1) is 15.4. The third kappa shape index (κ3) is 4.01. The highest BCUT2D eigenvalue weighted by atomic mass is 19.2. The lowest BCUT2D eigenvalue weighted by Gasteiger charge is -2.28. The van der Waals surface area contributed by atoms with Crippen molar-refractivity contribution in [3.05, 3.63) is 90.0 Å². The van der Waals surface area contributed by atoms with Crippen LogP contribution in [-0.4, -0.2) is 26.6 Å². The quantitative estimate of drug-likeness (QED) is 0.345. The minimum atomic E-state index is -1.09. The first-order valence-corrected chi connectivity index (χ1v) is 9.91. The van der Waals surface area contributed by atoms with Crippen molar-refractivity contribution in [2.75, 3.05) is 20.3 Å². The highest BCUT2D eigenvalue weighted by molar-refractivity contribution is 5.71. The summed E-state index contributed by atoms with van der Waals surface area (Å²) in [5.74, 6) is -4.74. The molecular weight excluding hydrogens is 424 g/mol. The molecule has 0 N–H and O–H groups in total. The zero-order valence-electron chi connectivity index (χ0n) is 17.2. The predicted molar refractivity (Wildman–Crippen MR) is 112 cm³/mol. The number of hydrogen-bond acceptors (Lipinski definition) is 3. The average molecular weight is 444 g/mol. The van der Waals surface area contributed by atoms with Crippen molar-refractivity contribution in [1.29, 1.82) is 0 Å². The van der Waals surface area contributed by atoms with Crippen molar-refractivity contribution >= 4 is 0 Å². The summed E-state index contributed by atoms with van der Waals surface area (Å²) in [6, 6.07) is 11.8. The Bertz CT molecular complexity index is 1140. The molecule has 1 aliphatic heterocycles. The second-order valence-electron chi connectivity index (χ2n) is 7.32. The van der Waals surface area contributed by atoms with Gasteiger partial charge in [-0.1, -0.05) is 43.0 Å². The zero-order valence-corrected chi connectivity index (χ0v) is 17.2. The molecule has 0 amide bonds. The summed E-state index contributed by atoms with van der Waals surface area (Å²) in [5, 5.41) is 0. The molecule has 0 spiro atoms. The Balaban J connectivity index is 1.60. The van der Waals surface area contributed by atoms with Crippen LogP contribution < -0.4 is 4.74 Å². The summed E-state index contributed by atoms with van der Waals surface area (Å²) in [6.07, 6.45) is 0.938. The van der Waals surface area contributed by atoms with Crippen LogP contribution in [0.3, 0.4) is 0 Å². The number of hydrogen-bond donors (Lipinski definition) is 0. The molecule has 32 heavy (non-hydrogen) atoms. The van der Waals surface area contributed by atoms with Gasteiger partial charge in [-0.2, -0.15) is 4.39 Å². The van der Waals surface area contributed by atoms with E-state index in [1.54, 1.807) is 0 Å². The maximum Gasteiger partial charge on any atom is 0.201 e. The molecule has 1 saturated heterocycles. The Morgan fingerprint density at radius 2 is 1.31 bits per heavy atom. The molecule has 0 aromatic heterocycles. The Morgan fingerprint density at radius 1 is 0.781 bits per heavy atom. The van der Waals surface area contributed by atoms with Gasteiger partial charge in [0, 0.05) is 17.0 Å². The van der Waals surface area contributed by atoms with Gasteiger partial charge >= 0.3 is 0 Å². The molecule has 3 aromatic rings. The van der Waals surface area contributed by atoms with Gasteiger partial charge in [0.1, 0.15) is 0 Å². The van der Waals surface area contributed by atoms with Gasteiger partial charge < -0.3 is 14.2 Å². The van der Waals surface area contributed by atoms with Gasteiger partial charge in [-0.05, 0) is 34.9 Å². The third-order valence-corrected chi connectivity index (χ3v) is 5.44. The third-order valence-electron chi connectivity index (χ3n) is 5.44. The molecule has 7 heteroatoms. The average Bonchev–Trinajstić information content (AvgIpc) is 2.83. The fourth-order valence-electron chi connectivity index (χ4n) is 3.68. The molecule has 4 rings (SSSR count). The lowest BCUT2D eigenvalue weighted by Crippen LogP contribution is -2.30. The Labute approximate surface area is 182 Å². The molecule has 0 atom stereocenters. The van der Waals surface area contributed by atoms with E-state index in [2.05, 4.69) is 6.58 Å². The molecule has 1 heterocycles. The van der Waals surface area contributed by atoms with Crippen LogP contribution in [0.2, 0.25) is 0 Å². The summed E-state index contributed by atoms with van der Waals surface area (Å²) in [6.45, 7) is 3.94. The standard InChI is InChI=1S/C25H20F4O3/c1-3-21-31-12-16(13-32-21)19-9-8-17(22(26)23(19)27)14-4-6-15(7-5-14)18-10-11-20(30-2)25(29)24(18)28/h3-11,16,21H,1,12-13H2,2H3. The van der Waals surface area contributed by atoms with Crippen LogP contribution in [0.1, 0.15) is 11.5 Å². The fraction of sp³-hybridized carbons (Fsp3) is 0.200. The molecular formula is C25H20F4O3. The van der Waals surface area contributed by atoms with E-state index < -0.39 is 35.5 Å². The topological polar surface area (TPSA) is 27.7 Å². The van der Waals surface area contributed by atoms with Crippen LogP contribution in [0, 0.1) is 23.3 Å². The van der Waals surface area contributed by atoms with Crippen molar-refractivity contribution in [3.63, 3.8) is 0 Å². The van der Waals surface area contributed by atoms with E-state index in [0.717, 1.165) is 0 Å². The molecule has 3 nitrogen and oxygen atoms in total. The van der Waals surface area contributed by atoms with Crippen LogP contribution in [0.15, 0.2) is 61.2 Å². The molecule has 1 fully saturated rings. The number of ether oxygens (including phenoxy) is 3. The first-order valence-electron chi connectivity index (χ1n) is 9.91. The minimum Gasteiger partial charge on any atom is -0.494 e. The molecule has 0 saturated carbocycles. The van der Waals surface area contributed by atoms with Crippen molar-refractivity contribution in [3.8, 4) is 28.0 Å². The van der Waals surface area contributed by atoms with Crippen LogP contribution in [0.5, 0.6) is 5.75 Å². The molecule has 0 aliphatic carbocycles. The smallest absolute Gasteiger partial charge is 0.201 e. The summed E-state index contributed by atoms with van der Waals surface area (Å²) >= 11 is 0. The molecule has 3 aromatic carbocycles. The van der Waals surface area contributed by atoms with Gasteiger partial charge in [0.05, 0.1) is 20.3 Å². The van der Waals surface area contributed by atoms with E-state index >= 15 is 0 Å². The highest BCUT2D eigenvalue weighted by Crippen LogP contribution is 2.34. The van der Waals surface area contributed by atoms with E-state index in [1.165, 1.54) is 61.7 Å². The van der Waals surface area contributed by atoms with Gasteiger partial charge in [-0.3, -0.25) is 0 Å². The van der Waals surface area contributed by atoms with Crippen molar-refractivity contribution in [2.24, 2.45) is 0 Å². The number of rotatable bonds is 5. The number of benzene rings is 3. The van der Waals surface area contributed by atoms with E-state index in [9.17, 15) is 17.6 Å². The van der Waals surface area contributed by atoms with Crippen molar-refractivity contribution < 1.29 is 31.8 Å². The van der Waals surface area contributed by atoms with Crippen LogP contribution >= 0.6 is 0 Å². The van der Waals surface area contributed by atoms with Gasteiger partial charge in [-0.15, -0.1) is 0 Å². The SMILES string of the molecule is C=CC1OCC(c2ccc(-c3ccc(-c4ccc(OC)c(F)c4F)cc3)c(F)c2F)CO1. The molecule has 166 valence electrons. The maximum atomic E-state index is 14.9. The summed E-state index contributed by atoms with van der Waals surface area (Å²) in [5.41, 5.74) is 1.04. The fourth-order valence-corrected chi connectivity index (χ4v) is 3.68. The number of halogens is 4. The van der Waals surface area contributed by atoms with Gasteiger partial charge in [0.2, 0.25) is 5.82 Å². The lowest BCUT2D eigenvalue weighted by atomic mass is 9.94. The van der Waals surface area contributed by atoms with Gasteiger partial charge in [-0.25, -0.2) is 13.2 Å². The maximum absolute atomic E-state index is 14.9.